The summed E-state index contributed by atoms with van der Waals surface area (Å²) in [6.07, 6.45) is 4.91. The van der Waals surface area contributed by atoms with E-state index in [-0.39, 0.29) is 17.3 Å². The normalized spacial score (nSPS) is 14.7. The molecule has 8 nitrogen and oxygen atoms in total. The number of hydrogen-bond acceptors (Lipinski definition) is 8. The van der Waals surface area contributed by atoms with Crippen LogP contribution in [0, 0.1) is 6.92 Å². The fraction of sp³-hybridized carbons (Fsp3) is 0.250. The van der Waals surface area contributed by atoms with E-state index in [0.717, 1.165) is 23.9 Å². The van der Waals surface area contributed by atoms with Crippen molar-refractivity contribution >= 4 is 23.1 Å². The van der Waals surface area contributed by atoms with Gasteiger partial charge in [-0.15, -0.1) is 15.3 Å². The Morgan fingerprint density at radius 2 is 1.94 bits per heavy atom. The molecule has 32 heavy (non-hydrogen) atoms. The van der Waals surface area contributed by atoms with Crippen LogP contribution in [0.2, 0.25) is 0 Å². The molecule has 162 valence electrons. The Hall–Kier alpha value is -3.54. The van der Waals surface area contributed by atoms with E-state index in [4.69, 9.17) is 0 Å². The summed E-state index contributed by atoms with van der Waals surface area (Å²) in [6, 6.07) is 2.62. The van der Waals surface area contributed by atoms with Gasteiger partial charge in [-0.3, -0.25) is 0 Å². The van der Waals surface area contributed by atoms with Gasteiger partial charge >= 0.3 is 6.18 Å². The second-order valence-electron chi connectivity index (χ2n) is 7.28. The average molecular weight is 456 g/mol. The van der Waals surface area contributed by atoms with Crippen LogP contribution in [0.3, 0.4) is 0 Å². The van der Waals surface area contributed by atoms with Gasteiger partial charge in [-0.1, -0.05) is 11.3 Å². The van der Waals surface area contributed by atoms with Crippen molar-refractivity contribution in [2.75, 3.05) is 0 Å². The summed E-state index contributed by atoms with van der Waals surface area (Å²) in [5.74, 6) is 0.233. The summed E-state index contributed by atoms with van der Waals surface area (Å²) in [5, 5.41) is 14.0. The fourth-order valence-electron chi connectivity index (χ4n) is 3.11. The Bertz CT molecular complexity index is 1290. The zero-order chi connectivity index (χ0) is 22.3. The van der Waals surface area contributed by atoms with Crippen molar-refractivity contribution in [3.8, 4) is 11.4 Å². The van der Waals surface area contributed by atoms with Crippen molar-refractivity contribution < 1.29 is 13.2 Å². The molecule has 0 bridgehead atoms. The molecule has 0 saturated heterocycles. The second-order valence-corrected chi connectivity index (χ2v) is 8.46. The third-order valence-corrected chi connectivity index (χ3v) is 5.66. The van der Waals surface area contributed by atoms with E-state index in [2.05, 4.69) is 35.2 Å². The number of nitrogens with zero attached hydrogens (tertiary/aromatic N) is 8. The van der Waals surface area contributed by atoms with Crippen LogP contribution in [0.25, 0.3) is 23.2 Å². The standard InChI is InChI=1S/C20H15F3N8S/c1-11-28-29-19(32-11)15(14-6-24-9-25-7-14)8-31-10-26-18(30-31)13-4-16(12-2-3-12)27-17(5-13)20(21,22)23/h4-10,12H,2-3H2,1H3/b15-8+. The van der Waals surface area contributed by atoms with Crippen LogP contribution in [0.1, 0.15) is 45.7 Å². The Labute approximate surface area is 183 Å². The number of pyridine rings is 1. The molecule has 4 aromatic rings. The van der Waals surface area contributed by atoms with Crippen LogP contribution in [0.15, 0.2) is 37.2 Å². The minimum absolute atomic E-state index is 0.0587. The van der Waals surface area contributed by atoms with Crippen LogP contribution in [-0.4, -0.2) is 39.9 Å². The molecule has 0 unspecified atom stereocenters. The molecule has 5 rings (SSSR count). The summed E-state index contributed by atoms with van der Waals surface area (Å²) < 4.78 is 41.5. The van der Waals surface area contributed by atoms with Gasteiger partial charge in [0.1, 0.15) is 28.4 Å². The first-order valence-electron chi connectivity index (χ1n) is 9.65. The van der Waals surface area contributed by atoms with Crippen molar-refractivity contribution in [2.45, 2.75) is 31.9 Å². The third kappa shape index (κ3) is 4.26. The first-order valence-corrected chi connectivity index (χ1v) is 10.5. The summed E-state index contributed by atoms with van der Waals surface area (Å²) in [4.78, 5) is 16.1. The molecule has 4 heterocycles. The summed E-state index contributed by atoms with van der Waals surface area (Å²) in [5.41, 5.74) is 1.12. The quantitative estimate of drug-likeness (QED) is 0.443. The minimum atomic E-state index is -4.54. The molecule has 4 aromatic heterocycles. The molecule has 1 saturated carbocycles. The predicted octanol–water partition coefficient (Wildman–Crippen LogP) is 4.23. The maximum Gasteiger partial charge on any atom is 0.433 e. The average Bonchev–Trinajstić information content (AvgIpc) is 3.38. The number of hydrogen-bond donors (Lipinski definition) is 0. The monoisotopic (exact) mass is 456 g/mol. The molecule has 0 atom stereocenters. The predicted molar refractivity (Wildman–Crippen MR) is 110 cm³/mol. The van der Waals surface area contributed by atoms with Crippen molar-refractivity contribution in [1.82, 2.24) is 39.9 Å². The number of halogens is 3. The Morgan fingerprint density at radius 1 is 1.16 bits per heavy atom. The van der Waals surface area contributed by atoms with Gasteiger partial charge in [0, 0.05) is 46.9 Å². The lowest BCUT2D eigenvalue weighted by molar-refractivity contribution is -0.141. The number of alkyl halides is 3. The van der Waals surface area contributed by atoms with Crippen molar-refractivity contribution in [1.29, 1.82) is 0 Å². The highest BCUT2D eigenvalue weighted by molar-refractivity contribution is 7.12. The van der Waals surface area contributed by atoms with Gasteiger partial charge in [0.25, 0.3) is 0 Å². The summed E-state index contributed by atoms with van der Waals surface area (Å²) in [6.45, 7) is 1.84. The van der Waals surface area contributed by atoms with Crippen LogP contribution in [0.4, 0.5) is 13.2 Å². The van der Waals surface area contributed by atoms with E-state index in [0.29, 0.717) is 21.8 Å². The first kappa shape index (κ1) is 20.4. The lowest BCUT2D eigenvalue weighted by atomic mass is 10.1. The largest absolute Gasteiger partial charge is 0.433 e. The molecule has 0 aromatic carbocycles. The van der Waals surface area contributed by atoms with Crippen LogP contribution in [-0.2, 0) is 6.18 Å². The number of rotatable bonds is 5. The maximum absolute atomic E-state index is 13.4. The Morgan fingerprint density at radius 3 is 2.59 bits per heavy atom. The summed E-state index contributed by atoms with van der Waals surface area (Å²) >= 11 is 1.39. The molecule has 0 aliphatic heterocycles. The highest BCUT2D eigenvalue weighted by atomic mass is 32.1. The van der Waals surface area contributed by atoms with E-state index in [9.17, 15) is 13.2 Å². The van der Waals surface area contributed by atoms with E-state index in [1.165, 1.54) is 28.7 Å². The van der Waals surface area contributed by atoms with Gasteiger partial charge in [-0.25, -0.2) is 24.6 Å². The molecule has 0 spiro atoms. The number of aromatic nitrogens is 8. The molecule has 0 N–H and O–H groups in total. The van der Waals surface area contributed by atoms with Crippen LogP contribution >= 0.6 is 11.3 Å². The van der Waals surface area contributed by atoms with E-state index in [1.54, 1.807) is 24.7 Å². The molecular weight excluding hydrogens is 441 g/mol. The topological polar surface area (TPSA) is 95.2 Å². The van der Waals surface area contributed by atoms with E-state index < -0.39 is 11.9 Å². The van der Waals surface area contributed by atoms with Gasteiger partial charge in [-0.05, 0) is 31.9 Å². The Kier molecular flexibility index (Phi) is 5.00. The lowest BCUT2D eigenvalue weighted by Gasteiger charge is -2.09. The highest BCUT2D eigenvalue weighted by Crippen LogP contribution is 2.41. The second kappa shape index (κ2) is 7.86. The van der Waals surface area contributed by atoms with Gasteiger partial charge in [0.05, 0.1) is 0 Å². The molecule has 1 fully saturated rings. The van der Waals surface area contributed by atoms with Gasteiger partial charge in [-0.2, -0.15) is 13.2 Å². The van der Waals surface area contributed by atoms with Crippen LogP contribution in [0.5, 0.6) is 0 Å². The van der Waals surface area contributed by atoms with Crippen molar-refractivity contribution in [2.24, 2.45) is 0 Å². The molecule has 0 amide bonds. The minimum Gasteiger partial charge on any atom is -0.248 e. The maximum atomic E-state index is 13.4. The van der Waals surface area contributed by atoms with Crippen molar-refractivity contribution in [3.63, 3.8) is 0 Å². The molecule has 1 aliphatic rings. The van der Waals surface area contributed by atoms with E-state index in [1.807, 2.05) is 6.92 Å². The Balaban J connectivity index is 1.55. The SMILES string of the molecule is Cc1nnc(/C(=C/n2cnc(-c3cc(C4CC4)nc(C(F)(F)F)c3)n2)c2cncnc2)s1. The van der Waals surface area contributed by atoms with Gasteiger partial charge in [0.15, 0.2) is 5.82 Å². The fourth-order valence-corrected chi connectivity index (χ4v) is 3.84. The lowest BCUT2D eigenvalue weighted by Crippen LogP contribution is -2.10. The smallest absolute Gasteiger partial charge is 0.248 e. The molecular formula is C20H15F3N8S. The third-order valence-electron chi connectivity index (χ3n) is 4.79. The first-order chi connectivity index (χ1) is 15.4. The van der Waals surface area contributed by atoms with Gasteiger partial charge in [0.2, 0.25) is 0 Å². The zero-order valence-corrected chi connectivity index (χ0v) is 17.5. The van der Waals surface area contributed by atoms with E-state index >= 15 is 0 Å². The number of aryl methyl sites for hydroxylation is 1. The summed E-state index contributed by atoms with van der Waals surface area (Å²) in [7, 11) is 0. The molecule has 12 heteroatoms. The van der Waals surface area contributed by atoms with Crippen LogP contribution < -0.4 is 0 Å². The highest BCUT2D eigenvalue weighted by Gasteiger charge is 2.35. The molecule has 1 aliphatic carbocycles. The molecule has 0 radical (unpaired) electrons. The van der Waals surface area contributed by atoms with Gasteiger partial charge < -0.3 is 0 Å². The zero-order valence-electron chi connectivity index (χ0n) is 16.7. The van der Waals surface area contributed by atoms with Crippen molar-refractivity contribution in [3.05, 3.63) is 64.1 Å².